The lowest BCUT2D eigenvalue weighted by Gasteiger charge is -2.20. The van der Waals surface area contributed by atoms with Gasteiger partial charge in [-0.25, -0.2) is 9.97 Å². The molecule has 1 unspecified atom stereocenters. The first-order valence-electron chi connectivity index (χ1n) is 9.89. The first-order valence-corrected chi connectivity index (χ1v) is 9.89. The predicted octanol–water partition coefficient (Wildman–Crippen LogP) is 4.59. The highest BCUT2D eigenvalue weighted by molar-refractivity contribution is 6.06. The monoisotopic (exact) mass is 377 g/mol. The first kappa shape index (κ1) is 16.4. The fraction of sp³-hybridized carbons (Fsp3) is 0.160. The molecule has 1 N–H and O–H groups in total. The molecule has 0 radical (unpaired) electrons. The Morgan fingerprint density at radius 2 is 1.76 bits per heavy atom. The molecule has 1 aliphatic heterocycles. The van der Waals surface area contributed by atoms with Crippen LogP contribution in [-0.2, 0) is 23.1 Å². The Bertz CT molecular complexity index is 1310. The maximum Gasteiger partial charge on any atom is 0.237 e. The standard InChI is InChI=1S/C25H19N3O/c1-15-4-6-16(7-5-15)21-9-8-17-11-18-13-25(14-19(18)12-22(17)27-21)20-3-2-10-26-23(20)28-24(25)29/h2-12H,13-14H2,1H3,(H,26,28,29). The molecule has 0 saturated carbocycles. The van der Waals surface area contributed by atoms with Gasteiger partial charge in [-0.15, -0.1) is 0 Å². The third-order valence-electron chi connectivity index (χ3n) is 6.33. The van der Waals surface area contributed by atoms with Crippen LogP contribution >= 0.6 is 0 Å². The molecule has 0 fully saturated rings. The lowest BCUT2D eigenvalue weighted by atomic mass is 9.79. The van der Waals surface area contributed by atoms with Crippen LogP contribution in [0.5, 0.6) is 0 Å². The van der Waals surface area contributed by atoms with Crippen molar-refractivity contribution in [2.24, 2.45) is 0 Å². The van der Waals surface area contributed by atoms with Gasteiger partial charge in [-0.1, -0.05) is 42.0 Å². The Balaban J connectivity index is 1.45. The van der Waals surface area contributed by atoms with Crippen LogP contribution in [0.4, 0.5) is 5.82 Å². The topological polar surface area (TPSA) is 54.9 Å². The van der Waals surface area contributed by atoms with Crippen molar-refractivity contribution in [1.82, 2.24) is 9.97 Å². The van der Waals surface area contributed by atoms with Gasteiger partial charge < -0.3 is 5.32 Å². The summed E-state index contributed by atoms with van der Waals surface area (Å²) in [5.41, 5.74) is 7.21. The molecule has 6 rings (SSSR count). The molecule has 4 aromatic rings. The molecule has 1 atom stereocenters. The lowest BCUT2D eigenvalue weighted by Crippen LogP contribution is -2.35. The Morgan fingerprint density at radius 1 is 0.966 bits per heavy atom. The van der Waals surface area contributed by atoms with E-state index >= 15 is 0 Å². The normalized spacial score (nSPS) is 19.4. The molecule has 2 aromatic heterocycles. The number of fused-ring (bicyclic) bond motifs is 4. The predicted molar refractivity (Wildman–Crippen MR) is 114 cm³/mol. The second-order valence-electron chi connectivity index (χ2n) is 8.17. The molecule has 1 aliphatic carbocycles. The van der Waals surface area contributed by atoms with E-state index in [2.05, 4.69) is 65.8 Å². The third kappa shape index (κ3) is 2.35. The highest BCUT2D eigenvalue weighted by atomic mass is 16.2. The van der Waals surface area contributed by atoms with Gasteiger partial charge in [0.05, 0.1) is 16.6 Å². The molecule has 4 heteroatoms. The number of nitrogens with zero attached hydrogens (tertiary/aromatic N) is 2. The van der Waals surface area contributed by atoms with Crippen molar-refractivity contribution in [2.45, 2.75) is 25.2 Å². The molecule has 1 spiro atoms. The van der Waals surface area contributed by atoms with Crippen LogP contribution in [-0.4, -0.2) is 15.9 Å². The van der Waals surface area contributed by atoms with Gasteiger partial charge >= 0.3 is 0 Å². The van der Waals surface area contributed by atoms with Crippen molar-refractivity contribution in [3.8, 4) is 11.3 Å². The largest absolute Gasteiger partial charge is 0.310 e. The summed E-state index contributed by atoms with van der Waals surface area (Å²) >= 11 is 0. The zero-order valence-corrected chi connectivity index (χ0v) is 16.1. The number of benzene rings is 2. The number of nitrogens with one attached hydrogen (secondary N) is 1. The van der Waals surface area contributed by atoms with Gasteiger partial charge in [0.15, 0.2) is 0 Å². The van der Waals surface area contributed by atoms with Gasteiger partial charge in [-0.3, -0.25) is 4.79 Å². The molecule has 1 amide bonds. The average molecular weight is 377 g/mol. The van der Waals surface area contributed by atoms with Crippen LogP contribution in [0.3, 0.4) is 0 Å². The highest BCUT2D eigenvalue weighted by Crippen LogP contribution is 2.47. The van der Waals surface area contributed by atoms with Crippen LogP contribution < -0.4 is 5.32 Å². The molecule has 4 nitrogen and oxygen atoms in total. The number of carbonyl (C=O) groups excluding carboxylic acids is 1. The smallest absolute Gasteiger partial charge is 0.237 e. The van der Waals surface area contributed by atoms with Crippen molar-refractivity contribution in [1.29, 1.82) is 0 Å². The second-order valence-corrected chi connectivity index (χ2v) is 8.17. The average Bonchev–Trinajstić information content (AvgIpc) is 3.24. The van der Waals surface area contributed by atoms with E-state index < -0.39 is 5.41 Å². The number of amides is 1. The Kier molecular flexibility index (Phi) is 3.25. The number of rotatable bonds is 1. The zero-order valence-electron chi connectivity index (χ0n) is 16.1. The number of hydrogen-bond donors (Lipinski definition) is 1. The molecule has 2 aliphatic rings. The van der Waals surface area contributed by atoms with E-state index in [1.165, 1.54) is 16.7 Å². The summed E-state index contributed by atoms with van der Waals surface area (Å²) in [6.07, 6.45) is 3.13. The Hall–Kier alpha value is -3.53. The van der Waals surface area contributed by atoms with Crippen molar-refractivity contribution in [2.75, 3.05) is 5.32 Å². The van der Waals surface area contributed by atoms with Crippen molar-refractivity contribution in [3.63, 3.8) is 0 Å². The third-order valence-corrected chi connectivity index (χ3v) is 6.33. The molecule has 3 heterocycles. The van der Waals surface area contributed by atoms with E-state index in [0.717, 1.165) is 27.7 Å². The van der Waals surface area contributed by atoms with Crippen LogP contribution in [0.1, 0.15) is 22.3 Å². The number of aryl methyl sites for hydroxylation is 1. The van der Waals surface area contributed by atoms with Crippen molar-refractivity contribution < 1.29 is 4.79 Å². The van der Waals surface area contributed by atoms with E-state index in [9.17, 15) is 4.79 Å². The number of anilines is 1. The van der Waals surface area contributed by atoms with Gasteiger partial charge in [0.2, 0.25) is 5.91 Å². The maximum atomic E-state index is 12.9. The highest BCUT2D eigenvalue weighted by Gasteiger charge is 2.51. The fourth-order valence-electron chi connectivity index (χ4n) is 4.78. The second kappa shape index (κ2) is 5.74. The van der Waals surface area contributed by atoms with Gasteiger partial charge in [0.1, 0.15) is 5.82 Å². The van der Waals surface area contributed by atoms with Gasteiger partial charge in [-0.2, -0.15) is 0 Å². The van der Waals surface area contributed by atoms with E-state index in [4.69, 9.17) is 4.98 Å². The molecule has 0 saturated heterocycles. The Morgan fingerprint density at radius 3 is 2.59 bits per heavy atom. The summed E-state index contributed by atoms with van der Waals surface area (Å²) in [5, 5.41) is 4.09. The molecule has 0 bridgehead atoms. The SMILES string of the molecule is Cc1ccc(-c2ccc3cc4c(cc3n2)CC2(C4)C(=O)Nc3ncccc32)cc1. The first-order chi connectivity index (χ1) is 14.1. The molecular formula is C25H19N3O. The van der Waals surface area contributed by atoms with Crippen molar-refractivity contribution >= 4 is 22.6 Å². The number of carbonyl (C=O) groups is 1. The number of pyridine rings is 2. The van der Waals surface area contributed by atoms with Crippen molar-refractivity contribution in [3.05, 3.63) is 89.1 Å². The summed E-state index contributed by atoms with van der Waals surface area (Å²) in [5.74, 6) is 0.759. The van der Waals surface area contributed by atoms with E-state index in [1.54, 1.807) is 6.20 Å². The molecular weight excluding hydrogens is 358 g/mol. The van der Waals surface area contributed by atoms with Crippen LogP contribution in [0, 0.1) is 6.92 Å². The summed E-state index contributed by atoms with van der Waals surface area (Å²) in [6.45, 7) is 2.09. The van der Waals surface area contributed by atoms with E-state index in [-0.39, 0.29) is 5.91 Å². The van der Waals surface area contributed by atoms with Crippen LogP contribution in [0.2, 0.25) is 0 Å². The van der Waals surface area contributed by atoms with Crippen LogP contribution in [0.25, 0.3) is 22.2 Å². The summed E-state index contributed by atoms with van der Waals surface area (Å²) in [6, 6.07) is 21.0. The quantitative estimate of drug-likeness (QED) is 0.528. The van der Waals surface area contributed by atoms with E-state index in [1.807, 2.05) is 12.1 Å². The van der Waals surface area contributed by atoms with Crippen LogP contribution in [0.15, 0.2) is 66.9 Å². The summed E-state index contributed by atoms with van der Waals surface area (Å²) in [4.78, 5) is 22.2. The lowest BCUT2D eigenvalue weighted by molar-refractivity contribution is -0.120. The fourth-order valence-corrected chi connectivity index (χ4v) is 4.78. The maximum absolute atomic E-state index is 12.9. The van der Waals surface area contributed by atoms with Gasteiger partial charge in [0, 0.05) is 22.7 Å². The minimum atomic E-state index is -0.539. The van der Waals surface area contributed by atoms with Gasteiger partial charge in [-0.05, 0) is 55.2 Å². The molecule has 29 heavy (non-hydrogen) atoms. The zero-order chi connectivity index (χ0) is 19.6. The minimum absolute atomic E-state index is 0.0553. The number of hydrogen-bond acceptors (Lipinski definition) is 3. The summed E-state index contributed by atoms with van der Waals surface area (Å²) < 4.78 is 0. The Labute approximate surface area is 168 Å². The number of aromatic nitrogens is 2. The molecule has 2 aromatic carbocycles. The summed E-state index contributed by atoms with van der Waals surface area (Å²) in [7, 11) is 0. The van der Waals surface area contributed by atoms with E-state index in [0.29, 0.717) is 18.7 Å². The molecule has 140 valence electrons. The van der Waals surface area contributed by atoms with Gasteiger partial charge in [0.25, 0.3) is 0 Å². The minimum Gasteiger partial charge on any atom is -0.310 e.